The van der Waals surface area contributed by atoms with Crippen LogP contribution >= 0.6 is 12.0 Å². The van der Waals surface area contributed by atoms with Gasteiger partial charge in [0.2, 0.25) is 0 Å². The molecule has 31 heavy (non-hydrogen) atoms. The standard InChI is InChI=1S/C16H33.C6HF4O3S.Sn/c1-3-5-7-9-11-13-15-16-14-12-10-8-6-4-2;7-2-1-3(14-13-12-11)5(9)6(10)4(2)8;/h1,3-16H2,2H3;11H;/q;;-1. The van der Waals surface area contributed by atoms with E-state index >= 15 is 0 Å². The molecule has 1 radical (unpaired) electrons. The molecule has 0 aliphatic heterocycles. The molecular weight excluding hydrogens is 539 g/mol. The quantitative estimate of drug-likeness (QED) is 0.0267. The molecule has 1 aromatic carbocycles. The Balaban J connectivity index is 2.18. The number of unbranched alkanes of at least 4 members (excludes halogenated alkanes) is 13. The van der Waals surface area contributed by atoms with Crippen molar-refractivity contribution in [2.24, 2.45) is 0 Å². The second kappa shape index (κ2) is 18.4. The third-order valence-corrected chi connectivity index (χ3v) is 10.5. The average molecular weight is 573 g/mol. The Morgan fingerprint density at radius 2 is 1.13 bits per heavy atom. The van der Waals surface area contributed by atoms with Gasteiger partial charge in [0.1, 0.15) is 0 Å². The Morgan fingerprint density at radius 1 is 0.677 bits per heavy atom. The Bertz CT molecular complexity index is 623. The third kappa shape index (κ3) is 11.6. The van der Waals surface area contributed by atoms with Crippen molar-refractivity contribution in [1.82, 2.24) is 0 Å². The topological polar surface area (TPSA) is 38.7 Å². The molecule has 0 aliphatic carbocycles. The minimum atomic E-state index is -1.89. The third-order valence-electron chi connectivity index (χ3n) is 5.20. The molecule has 0 saturated heterocycles. The van der Waals surface area contributed by atoms with E-state index in [4.69, 9.17) is 5.26 Å². The van der Waals surface area contributed by atoms with Crippen LogP contribution in [0.1, 0.15) is 96.8 Å². The first-order chi connectivity index (χ1) is 15.0. The van der Waals surface area contributed by atoms with E-state index in [1.54, 1.807) is 0 Å². The first-order valence-electron chi connectivity index (χ1n) is 11.3. The maximum atomic E-state index is 14.1. The molecule has 0 fully saturated rings. The van der Waals surface area contributed by atoms with Crippen LogP contribution in [0.25, 0.3) is 0 Å². The SMILES string of the molecule is CCCCCCCCCCCCCCC[CH2][Sn-][c]1c(F)c(F)c(F)c(F)c1SOOO. The summed E-state index contributed by atoms with van der Waals surface area (Å²) in [6.07, 6.45) is 17.3. The molecular formula is C22H34F4O3SSn-. The fourth-order valence-electron chi connectivity index (χ4n) is 3.43. The summed E-state index contributed by atoms with van der Waals surface area (Å²) in [5.74, 6) is -6.57. The van der Waals surface area contributed by atoms with Crippen molar-refractivity contribution in [3.63, 3.8) is 0 Å². The minimum absolute atomic E-state index is 0.142. The van der Waals surface area contributed by atoms with E-state index in [9.17, 15) is 17.6 Å². The van der Waals surface area contributed by atoms with Gasteiger partial charge in [-0.3, -0.25) is 0 Å². The fraction of sp³-hybridized carbons (Fsp3) is 0.727. The maximum absolute atomic E-state index is 14.1. The van der Waals surface area contributed by atoms with Gasteiger partial charge in [0, 0.05) is 0 Å². The molecule has 3 nitrogen and oxygen atoms in total. The van der Waals surface area contributed by atoms with E-state index in [1.807, 2.05) is 0 Å². The molecule has 1 rings (SSSR count). The summed E-state index contributed by atoms with van der Waals surface area (Å²) in [5.41, 5.74) is 0. The molecule has 0 atom stereocenters. The summed E-state index contributed by atoms with van der Waals surface area (Å²) < 4.78 is 59.7. The normalized spacial score (nSPS) is 11.3. The number of benzene rings is 1. The molecule has 0 heterocycles. The number of hydrogen-bond acceptors (Lipinski definition) is 4. The van der Waals surface area contributed by atoms with Gasteiger partial charge in [0.15, 0.2) is 0 Å². The van der Waals surface area contributed by atoms with Crippen molar-refractivity contribution < 1.29 is 32.2 Å². The van der Waals surface area contributed by atoms with Crippen LogP contribution in [0.15, 0.2) is 4.90 Å². The summed E-state index contributed by atoms with van der Waals surface area (Å²) in [7, 11) is 0. The van der Waals surface area contributed by atoms with Gasteiger partial charge in [-0.2, -0.15) is 0 Å². The van der Waals surface area contributed by atoms with Crippen molar-refractivity contribution in [3.05, 3.63) is 23.3 Å². The van der Waals surface area contributed by atoms with E-state index in [1.165, 1.54) is 70.6 Å². The average Bonchev–Trinajstić information content (AvgIpc) is 2.77. The van der Waals surface area contributed by atoms with E-state index in [2.05, 4.69) is 16.3 Å². The van der Waals surface area contributed by atoms with Crippen LogP contribution < -0.4 is 3.58 Å². The van der Waals surface area contributed by atoms with E-state index < -0.39 is 49.3 Å². The Labute approximate surface area is 197 Å². The van der Waals surface area contributed by atoms with Crippen LogP contribution in [-0.2, 0) is 9.37 Å². The zero-order valence-electron chi connectivity index (χ0n) is 18.3. The fourth-order valence-corrected chi connectivity index (χ4v) is 8.16. The van der Waals surface area contributed by atoms with Crippen molar-refractivity contribution >= 4 is 36.8 Å². The zero-order chi connectivity index (χ0) is 22.9. The van der Waals surface area contributed by atoms with Gasteiger partial charge >= 0.3 is 172 Å². The summed E-state index contributed by atoms with van der Waals surface area (Å²) in [4.78, 5) is -0.484. The van der Waals surface area contributed by atoms with Crippen LogP contribution in [0, 0.1) is 23.3 Å². The van der Waals surface area contributed by atoms with Crippen molar-refractivity contribution in [2.75, 3.05) is 0 Å². The van der Waals surface area contributed by atoms with Crippen molar-refractivity contribution in [3.8, 4) is 0 Å². The first-order valence-corrected chi connectivity index (χ1v) is 15.5. The van der Waals surface area contributed by atoms with Gasteiger partial charge < -0.3 is 0 Å². The number of rotatable bonds is 19. The summed E-state index contributed by atoms with van der Waals surface area (Å²) in [5, 5.41) is 11.6. The summed E-state index contributed by atoms with van der Waals surface area (Å²) in [6, 6.07) is 0. The predicted molar refractivity (Wildman–Crippen MR) is 117 cm³/mol. The molecule has 0 aliphatic rings. The molecule has 0 spiro atoms. The van der Waals surface area contributed by atoms with Crippen molar-refractivity contribution in [2.45, 2.75) is 106 Å². The van der Waals surface area contributed by atoms with Crippen LogP contribution in [0.2, 0.25) is 4.44 Å². The van der Waals surface area contributed by atoms with Crippen LogP contribution in [0.3, 0.4) is 0 Å². The molecule has 0 bridgehead atoms. The van der Waals surface area contributed by atoms with Gasteiger partial charge in [0.05, 0.1) is 0 Å². The monoisotopic (exact) mass is 574 g/mol. The van der Waals surface area contributed by atoms with Crippen molar-refractivity contribution in [1.29, 1.82) is 0 Å². The number of hydrogen-bond donors (Lipinski definition) is 1. The van der Waals surface area contributed by atoms with Gasteiger partial charge in [-0.05, 0) is 0 Å². The van der Waals surface area contributed by atoms with Gasteiger partial charge in [-0.15, -0.1) is 0 Å². The molecule has 9 heteroatoms. The van der Waals surface area contributed by atoms with Crippen LogP contribution in [0.4, 0.5) is 17.6 Å². The predicted octanol–water partition coefficient (Wildman–Crippen LogP) is 7.90. The van der Waals surface area contributed by atoms with Gasteiger partial charge in [-0.25, -0.2) is 0 Å². The zero-order valence-corrected chi connectivity index (χ0v) is 22.0. The Kier molecular flexibility index (Phi) is 17.2. The number of halogens is 4. The second-order valence-electron chi connectivity index (χ2n) is 7.71. The molecule has 1 N–H and O–H groups in total. The van der Waals surface area contributed by atoms with E-state index in [0.29, 0.717) is 4.44 Å². The van der Waals surface area contributed by atoms with E-state index in [-0.39, 0.29) is 15.6 Å². The van der Waals surface area contributed by atoms with Gasteiger partial charge in [0.25, 0.3) is 0 Å². The summed E-state index contributed by atoms with van der Waals surface area (Å²) >= 11 is -1.55. The molecule has 179 valence electrons. The molecule has 0 saturated carbocycles. The first kappa shape index (κ1) is 29.0. The Morgan fingerprint density at radius 3 is 1.61 bits per heavy atom. The molecule has 1 aromatic rings. The molecule has 0 aromatic heterocycles. The molecule has 0 unspecified atom stereocenters. The summed E-state index contributed by atoms with van der Waals surface area (Å²) in [6.45, 7) is 2.23. The molecule has 0 amide bonds. The van der Waals surface area contributed by atoms with Crippen LogP contribution in [0.5, 0.6) is 0 Å². The second-order valence-corrected chi connectivity index (χ2v) is 12.3. The Hall–Kier alpha value is -0.0313. The van der Waals surface area contributed by atoms with Gasteiger partial charge in [-0.1, -0.05) is 26.2 Å². The van der Waals surface area contributed by atoms with E-state index in [0.717, 1.165) is 19.3 Å². The van der Waals surface area contributed by atoms with Crippen LogP contribution in [-0.4, -0.2) is 26.4 Å².